The summed E-state index contributed by atoms with van der Waals surface area (Å²) in [7, 11) is 0. The Labute approximate surface area is 159 Å². The van der Waals surface area contributed by atoms with Gasteiger partial charge >= 0.3 is 5.97 Å². The van der Waals surface area contributed by atoms with Gasteiger partial charge in [0.05, 0.1) is 6.61 Å². The second kappa shape index (κ2) is 7.27. The summed E-state index contributed by atoms with van der Waals surface area (Å²) in [6.07, 6.45) is 0. The van der Waals surface area contributed by atoms with Crippen LogP contribution in [0.1, 0.15) is 43.7 Å². The normalized spacial score (nSPS) is 11.4. The minimum absolute atomic E-state index is 0.0535. The zero-order valence-electron chi connectivity index (χ0n) is 16.1. The number of rotatable bonds is 4. The van der Waals surface area contributed by atoms with Crippen molar-refractivity contribution in [2.24, 2.45) is 0 Å². The molecule has 0 amide bonds. The third-order valence-corrected chi connectivity index (χ3v) is 4.24. The molecular formula is C22H24N2O3. The highest BCUT2D eigenvalue weighted by Crippen LogP contribution is 2.32. The van der Waals surface area contributed by atoms with Crippen molar-refractivity contribution in [3.05, 3.63) is 59.8 Å². The fourth-order valence-corrected chi connectivity index (χ4v) is 2.77. The van der Waals surface area contributed by atoms with Crippen LogP contribution in [0.4, 0.5) is 5.69 Å². The van der Waals surface area contributed by atoms with Crippen LogP contribution in [-0.2, 0) is 10.2 Å². The number of oxazole rings is 1. The summed E-state index contributed by atoms with van der Waals surface area (Å²) in [5, 5.41) is 0. The highest BCUT2D eigenvalue weighted by atomic mass is 16.5. The van der Waals surface area contributed by atoms with Crippen LogP contribution in [-0.4, -0.2) is 17.6 Å². The van der Waals surface area contributed by atoms with Crippen LogP contribution in [0.3, 0.4) is 0 Å². The topological polar surface area (TPSA) is 78.3 Å². The van der Waals surface area contributed by atoms with E-state index in [0.29, 0.717) is 22.9 Å². The number of benzene rings is 2. The maximum absolute atomic E-state index is 12.4. The number of carbonyl (C=O) groups is 1. The average molecular weight is 364 g/mol. The van der Waals surface area contributed by atoms with Crippen LogP contribution < -0.4 is 5.73 Å². The van der Waals surface area contributed by atoms with Gasteiger partial charge in [-0.1, -0.05) is 45.0 Å². The van der Waals surface area contributed by atoms with Gasteiger partial charge in [-0.05, 0) is 42.2 Å². The van der Waals surface area contributed by atoms with E-state index in [9.17, 15) is 4.79 Å². The minimum Gasteiger partial charge on any atom is -0.461 e. The Morgan fingerprint density at radius 3 is 2.41 bits per heavy atom. The number of anilines is 1. The second-order valence-corrected chi connectivity index (χ2v) is 7.37. The number of esters is 1. The molecule has 0 saturated carbocycles. The summed E-state index contributed by atoms with van der Waals surface area (Å²) in [5.74, 6) is 0.211. The minimum atomic E-state index is -0.517. The number of hydrogen-bond acceptors (Lipinski definition) is 5. The number of nitrogen functional groups attached to an aromatic ring is 1. The third kappa shape index (κ3) is 4.03. The predicted molar refractivity (Wildman–Crippen MR) is 106 cm³/mol. The third-order valence-electron chi connectivity index (χ3n) is 4.24. The SMILES string of the molecule is CCOC(=O)c1nc(-c2ccc(C(C)(C)C)cc2)oc1-c1cccc(N)c1. The van der Waals surface area contributed by atoms with Crippen molar-refractivity contribution in [3.8, 4) is 22.8 Å². The summed E-state index contributed by atoms with van der Waals surface area (Å²) in [4.78, 5) is 16.8. The van der Waals surface area contributed by atoms with Gasteiger partial charge in [0.15, 0.2) is 11.5 Å². The fraction of sp³-hybridized carbons (Fsp3) is 0.273. The lowest BCUT2D eigenvalue weighted by atomic mass is 9.87. The molecule has 0 aliphatic carbocycles. The molecule has 0 radical (unpaired) electrons. The molecule has 5 nitrogen and oxygen atoms in total. The van der Waals surface area contributed by atoms with Gasteiger partial charge in [0.1, 0.15) is 0 Å². The molecule has 2 aromatic carbocycles. The average Bonchev–Trinajstić information content (AvgIpc) is 3.07. The summed E-state index contributed by atoms with van der Waals surface area (Å²) in [6, 6.07) is 15.1. The molecule has 0 bridgehead atoms. The van der Waals surface area contributed by atoms with E-state index in [4.69, 9.17) is 14.9 Å². The monoisotopic (exact) mass is 364 g/mol. The summed E-state index contributed by atoms with van der Waals surface area (Å²) in [5.41, 5.74) is 9.35. The zero-order valence-corrected chi connectivity index (χ0v) is 16.1. The lowest BCUT2D eigenvalue weighted by molar-refractivity contribution is 0.0520. The van der Waals surface area contributed by atoms with Gasteiger partial charge in [-0.25, -0.2) is 9.78 Å². The molecule has 0 aliphatic heterocycles. The molecule has 0 aliphatic rings. The van der Waals surface area contributed by atoms with Crippen LogP contribution >= 0.6 is 0 Å². The van der Waals surface area contributed by atoms with Gasteiger partial charge in [0.25, 0.3) is 0 Å². The van der Waals surface area contributed by atoms with E-state index >= 15 is 0 Å². The van der Waals surface area contributed by atoms with Crippen LogP contribution in [0, 0.1) is 0 Å². The number of nitrogens with two attached hydrogens (primary N) is 1. The first-order valence-corrected chi connectivity index (χ1v) is 8.94. The van der Waals surface area contributed by atoms with Crippen LogP contribution in [0.15, 0.2) is 52.9 Å². The van der Waals surface area contributed by atoms with Crippen molar-refractivity contribution in [2.75, 3.05) is 12.3 Å². The molecule has 5 heteroatoms. The summed E-state index contributed by atoms with van der Waals surface area (Å²) < 4.78 is 11.1. The fourth-order valence-electron chi connectivity index (χ4n) is 2.77. The van der Waals surface area contributed by atoms with E-state index in [-0.39, 0.29) is 17.7 Å². The first kappa shape index (κ1) is 18.7. The van der Waals surface area contributed by atoms with E-state index in [1.54, 1.807) is 25.1 Å². The van der Waals surface area contributed by atoms with Crippen LogP contribution in [0.5, 0.6) is 0 Å². The molecule has 2 N–H and O–H groups in total. The Kier molecular flexibility index (Phi) is 5.04. The largest absolute Gasteiger partial charge is 0.461 e. The maximum atomic E-state index is 12.4. The number of aromatic nitrogens is 1. The Hall–Kier alpha value is -3.08. The molecular weight excluding hydrogens is 340 g/mol. The van der Waals surface area contributed by atoms with Crippen molar-refractivity contribution >= 4 is 11.7 Å². The van der Waals surface area contributed by atoms with Crippen molar-refractivity contribution in [1.82, 2.24) is 4.98 Å². The van der Waals surface area contributed by atoms with E-state index in [1.165, 1.54) is 5.56 Å². The van der Waals surface area contributed by atoms with Gasteiger partial charge in [-0.15, -0.1) is 0 Å². The number of carbonyl (C=O) groups excluding carboxylic acids is 1. The highest BCUT2D eigenvalue weighted by Gasteiger charge is 2.24. The van der Waals surface area contributed by atoms with Gasteiger partial charge < -0.3 is 14.9 Å². The predicted octanol–water partition coefficient (Wildman–Crippen LogP) is 5.07. The van der Waals surface area contributed by atoms with Crippen molar-refractivity contribution < 1.29 is 13.9 Å². The molecule has 27 heavy (non-hydrogen) atoms. The van der Waals surface area contributed by atoms with Crippen molar-refractivity contribution in [1.29, 1.82) is 0 Å². The van der Waals surface area contributed by atoms with Crippen LogP contribution in [0.2, 0.25) is 0 Å². The standard InChI is InChI=1S/C22H24N2O3/c1-5-26-21(25)18-19(15-7-6-8-17(23)13-15)27-20(24-18)14-9-11-16(12-10-14)22(2,3)4/h6-13H,5,23H2,1-4H3. The Morgan fingerprint density at radius 2 is 1.81 bits per heavy atom. The molecule has 3 rings (SSSR count). The van der Waals surface area contributed by atoms with Gasteiger partial charge in [0.2, 0.25) is 5.89 Å². The Bertz CT molecular complexity index is 950. The zero-order chi connectivity index (χ0) is 19.6. The Balaban J connectivity index is 2.07. The highest BCUT2D eigenvalue weighted by molar-refractivity contribution is 5.94. The number of ether oxygens (including phenoxy) is 1. The lowest BCUT2D eigenvalue weighted by Crippen LogP contribution is -2.10. The Morgan fingerprint density at radius 1 is 1.11 bits per heavy atom. The van der Waals surface area contributed by atoms with Crippen LogP contribution in [0.25, 0.3) is 22.8 Å². The summed E-state index contributed by atoms with van der Waals surface area (Å²) in [6.45, 7) is 8.49. The van der Waals surface area contributed by atoms with E-state index in [2.05, 4.69) is 25.8 Å². The second-order valence-electron chi connectivity index (χ2n) is 7.37. The maximum Gasteiger partial charge on any atom is 0.361 e. The van der Waals surface area contributed by atoms with Crippen molar-refractivity contribution in [3.63, 3.8) is 0 Å². The number of hydrogen-bond donors (Lipinski definition) is 1. The molecule has 0 spiro atoms. The first-order chi connectivity index (χ1) is 12.8. The lowest BCUT2D eigenvalue weighted by Gasteiger charge is -2.18. The molecule has 0 atom stereocenters. The first-order valence-electron chi connectivity index (χ1n) is 8.94. The van der Waals surface area contributed by atoms with E-state index < -0.39 is 5.97 Å². The number of nitrogens with zero attached hydrogens (tertiary/aromatic N) is 1. The molecule has 0 saturated heterocycles. The van der Waals surface area contributed by atoms with Gasteiger partial charge in [-0.3, -0.25) is 0 Å². The van der Waals surface area contributed by atoms with Crippen molar-refractivity contribution in [2.45, 2.75) is 33.1 Å². The molecule has 1 heterocycles. The van der Waals surface area contributed by atoms with E-state index in [1.807, 2.05) is 30.3 Å². The molecule has 1 aromatic heterocycles. The smallest absolute Gasteiger partial charge is 0.361 e. The molecule has 3 aromatic rings. The quantitative estimate of drug-likeness (QED) is 0.517. The van der Waals surface area contributed by atoms with Gasteiger partial charge in [0, 0.05) is 16.8 Å². The summed E-state index contributed by atoms with van der Waals surface area (Å²) >= 11 is 0. The molecule has 0 fully saturated rings. The molecule has 0 unspecified atom stereocenters. The molecule has 140 valence electrons. The van der Waals surface area contributed by atoms with Gasteiger partial charge in [-0.2, -0.15) is 0 Å². The van der Waals surface area contributed by atoms with E-state index in [0.717, 1.165) is 5.56 Å².